The molecule has 1 rings (SSSR count). The van der Waals surface area contributed by atoms with E-state index >= 15 is 0 Å². The molecular formula is C8H12BrN3O5. The number of rotatable bonds is 4. The van der Waals surface area contributed by atoms with Gasteiger partial charge in [-0.1, -0.05) is 15.9 Å². The van der Waals surface area contributed by atoms with Crippen LogP contribution in [0.3, 0.4) is 0 Å². The minimum absolute atomic E-state index is 0.0633. The highest BCUT2D eigenvalue weighted by Gasteiger charge is 2.57. The van der Waals surface area contributed by atoms with Crippen LogP contribution in [0.1, 0.15) is 19.3 Å². The third kappa shape index (κ3) is 2.71. The fraction of sp³-hybridized carbons (Fsp3) is 0.875. The van der Waals surface area contributed by atoms with Crippen molar-refractivity contribution in [1.82, 2.24) is 4.90 Å². The highest BCUT2D eigenvalue weighted by Crippen LogP contribution is 2.26. The average molecular weight is 310 g/mol. The number of nitrogens with zero attached hydrogens (tertiary/aromatic N) is 3. The molecule has 8 nitrogen and oxygen atoms in total. The molecule has 1 aliphatic rings. The average Bonchev–Trinajstić information content (AvgIpc) is 2.28. The van der Waals surface area contributed by atoms with Gasteiger partial charge in [-0.25, -0.2) is 0 Å². The first kappa shape index (κ1) is 13.8. The fourth-order valence-electron chi connectivity index (χ4n) is 1.78. The van der Waals surface area contributed by atoms with Gasteiger partial charge in [0.05, 0.1) is 9.85 Å². The van der Waals surface area contributed by atoms with Gasteiger partial charge in [0.25, 0.3) is 0 Å². The van der Waals surface area contributed by atoms with E-state index in [9.17, 15) is 25.0 Å². The summed E-state index contributed by atoms with van der Waals surface area (Å²) in [6.07, 6.45) is -0.175. The number of halogens is 1. The number of carbonyl (C=O) groups is 1. The number of piperidine rings is 1. The van der Waals surface area contributed by atoms with Crippen LogP contribution in [-0.2, 0) is 4.79 Å². The largest absolute Gasteiger partial charge is 0.461 e. The molecule has 1 fully saturated rings. The maximum absolute atomic E-state index is 11.5. The van der Waals surface area contributed by atoms with Crippen molar-refractivity contribution in [1.29, 1.82) is 0 Å². The van der Waals surface area contributed by atoms with Crippen molar-refractivity contribution in [2.45, 2.75) is 24.9 Å². The van der Waals surface area contributed by atoms with Crippen molar-refractivity contribution in [3.8, 4) is 0 Å². The Morgan fingerprint density at radius 2 is 1.71 bits per heavy atom. The SMILES string of the molecule is O=C(CCBr)N1CCC([N+](=O)[O-])([N+](=O)[O-])CC1. The van der Waals surface area contributed by atoms with Crippen molar-refractivity contribution < 1.29 is 14.6 Å². The van der Waals surface area contributed by atoms with E-state index in [0.717, 1.165) is 0 Å². The van der Waals surface area contributed by atoms with Gasteiger partial charge in [0, 0.05) is 24.8 Å². The molecule has 0 aromatic carbocycles. The summed E-state index contributed by atoms with van der Waals surface area (Å²) < 4.78 is 0. The van der Waals surface area contributed by atoms with Crippen LogP contribution < -0.4 is 0 Å². The maximum Gasteiger partial charge on any atom is 0.461 e. The van der Waals surface area contributed by atoms with Crippen LogP contribution in [0.15, 0.2) is 0 Å². The number of likely N-dealkylation sites (tertiary alicyclic amines) is 1. The molecule has 17 heavy (non-hydrogen) atoms. The van der Waals surface area contributed by atoms with Crippen LogP contribution >= 0.6 is 15.9 Å². The molecular weight excluding hydrogens is 298 g/mol. The van der Waals surface area contributed by atoms with Gasteiger partial charge < -0.3 is 4.90 Å². The first-order valence-corrected chi connectivity index (χ1v) is 6.19. The van der Waals surface area contributed by atoms with Crippen LogP contribution in [0.2, 0.25) is 0 Å². The van der Waals surface area contributed by atoms with Gasteiger partial charge in [0.2, 0.25) is 5.91 Å². The molecule has 1 aliphatic heterocycles. The van der Waals surface area contributed by atoms with E-state index in [2.05, 4.69) is 15.9 Å². The Hall–Kier alpha value is -1.25. The smallest absolute Gasteiger partial charge is 0.342 e. The predicted octanol–water partition coefficient (Wildman–Crippen LogP) is 0.643. The molecule has 0 radical (unpaired) electrons. The highest BCUT2D eigenvalue weighted by molar-refractivity contribution is 9.09. The van der Waals surface area contributed by atoms with Crippen molar-refractivity contribution >= 4 is 21.8 Å². The molecule has 0 spiro atoms. The molecule has 9 heteroatoms. The molecule has 0 aromatic heterocycles. The molecule has 96 valence electrons. The van der Waals surface area contributed by atoms with Gasteiger partial charge >= 0.3 is 5.66 Å². The lowest BCUT2D eigenvalue weighted by molar-refractivity contribution is -0.800. The van der Waals surface area contributed by atoms with Crippen molar-refractivity contribution in [3.63, 3.8) is 0 Å². The fourth-order valence-corrected chi connectivity index (χ4v) is 2.12. The van der Waals surface area contributed by atoms with Crippen molar-refractivity contribution in [2.75, 3.05) is 18.4 Å². The molecule has 0 aromatic rings. The van der Waals surface area contributed by atoms with Crippen LogP contribution in [0.25, 0.3) is 0 Å². The Morgan fingerprint density at radius 3 is 2.06 bits per heavy atom. The quantitative estimate of drug-likeness (QED) is 0.328. The normalized spacial score (nSPS) is 18.8. The first-order chi connectivity index (χ1) is 7.94. The van der Waals surface area contributed by atoms with E-state index in [-0.39, 0.29) is 31.8 Å². The molecule has 0 N–H and O–H groups in total. The number of alkyl halides is 1. The van der Waals surface area contributed by atoms with Crippen molar-refractivity contribution in [2.24, 2.45) is 0 Å². The summed E-state index contributed by atoms with van der Waals surface area (Å²) >= 11 is 3.12. The molecule has 0 atom stereocenters. The molecule has 0 aliphatic carbocycles. The van der Waals surface area contributed by atoms with Gasteiger partial charge in [-0.15, -0.1) is 0 Å². The molecule has 1 amide bonds. The lowest BCUT2D eigenvalue weighted by Gasteiger charge is -2.30. The van der Waals surface area contributed by atoms with Crippen LogP contribution in [0.5, 0.6) is 0 Å². The van der Waals surface area contributed by atoms with Crippen LogP contribution in [0, 0.1) is 20.2 Å². The van der Waals surface area contributed by atoms with E-state index in [4.69, 9.17) is 0 Å². The Balaban J connectivity index is 2.68. The number of hydrogen-bond donors (Lipinski definition) is 0. The second-order valence-electron chi connectivity index (χ2n) is 3.82. The standard InChI is InChI=1S/C8H12BrN3O5/c9-4-1-7(13)10-5-2-8(3-6-10,11(14)15)12(16)17/h1-6H2. The monoisotopic (exact) mass is 309 g/mol. The summed E-state index contributed by atoms with van der Waals surface area (Å²) in [5.74, 6) is -0.137. The van der Waals surface area contributed by atoms with Crippen LogP contribution in [-0.4, -0.2) is 44.7 Å². The summed E-state index contributed by atoms with van der Waals surface area (Å²) in [5.41, 5.74) is -2.12. The summed E-state index contributed by atoms with van der Waals surface area (Å²) in [5, 5.41) is 22.1. The Labute approximate surface area is 105 Å². The van der Waals surface area contributed by atoms with E-state index in [1.165, 1.54) is 4.90 Å². The third-order valence-corrected chi connectivity index (χ3v) is 3.30. The topological polar surface area (TPSA) is 107 Å². The molecule has 0 unspecified atom stereocenters. The zero-order valence-electron chi connectivity index (χ0n) is 9.00. The molecule has 1 saturated heterocycles. The lowest BCUT2D eigenvalue weighted by Crippen LogP contribution is -2.55. The number of carbonyl (C=O) groups excluding carboxylic acids is 1. The second-order valence-corrected chi connectivity index (χ2v) is 4.61. The van der Waals surface area contributed by atoms with E-state index in [1.54, 1.807) is 0 Å². The first-order valence-electron chi connectivity index (χ1n) is 5.07. The highest BCUT2D eigenvalue weighted by atomic mass is 79.9. The zero-order valence-corrected chi connectivity index (χ0v) is 10.6. The Kier molecular flexibility index (Phi) is 4.38. The second kappa shape index (κ2) is 5.39. The number of nitro groups is 2. The zero-order chi connectivity index (χ0) is 13.1. The minimum atomic E-state index is -2.12. The number of hydrogen-bond acceptors (Lipinski definition) is 5. The van der Waals surface area contributed by atoms with Gasteiger partial charge in [-0.3, -0.25) is 25.0 Å². The summed E-state index contributed by atoms with van der Waals surface area (Å²) in [6.45, 7) is 0.127. The third-order valence-electron chi connectivity index (χ3n) is 2.90. The molecule has 1 heterocycles. The Bertz CT molecular complexity index is 324. The van der Waals surface area contributed by atoms with Gasteiger partial charge in [0.1, 0.15) is 12.8 Å². The van der Waals surface area contributed by atoms with Gasteiger partial charge in [-0.2, -0.15) is 0 Å². The van der Waals surface area contributed by atoms with E-state index < -0.39 is 15.5 Å². The van der Waals surface area contributed by atoms with Gasteiger partial charge in [0.15, 0.2) is 0 Å². The van der Waals surface area contributed by atoms with Crippen molar-refractivity contribution in [3.05, 3.63) is 20.2 Å². The van der Waals surface area contributed by atoms with Gasteiger partial charge in [-0.05, 0) is 0 Å². The number of amides is 1. The predicted molar refractivity (Wildman–Crippen MR) is 60.9 cm³/mol. The summed E-state index contributed by atoms with van der Waals surface area (Å²) in [4.78, 5) is 32.8. The van der Waals surface area contributed by atoms with E-state index in [1.807, 2.05) is 0 Å². The summed E-state index contributed by atoms with van der Waals surface area (Å²) in [7, 11) is 0. The molecule has 0 bridgehead atoms. The summed E-state index contributed by atoms with van der Waals surface area (Å²) in [6, 6.07) is 0. The minimum Gasteiger partial charge on any atom is -0.342 e. The maximum atomic E-state index is 11.5. The lowest BCUT2D eigenvalue weighted by atomic mass is 9.98. The van der Waals surface area contributed by atoms with Crippen LogP contribution in [0.4, 0.5) is 0 Å². The van der Waals surface area contributed by atoms with E-state index in [0.29, 0.717) is 11.8 Å². The molecule has 0 saturated carbocycles. The Morgan fingerprint density at radius 1 is 1.24 bits per heavy atom.